The summed E-state index contributed by atoms with van der Waals surface area (Å²) in [4.78, 5) is 0. The van der Waals surface area contributed by atoms with E-state index in [-0.39, 0.29) is 11.8 Å². The van der Waals surface area contributed by atoms with Crippen molar-refractivity contribution in [3.05, 3.63) is 36.4 Å². The molecule has 0 aromatic heterocycles. The van der Waals surface area contributed by atoms with Crippen LogP contribution in [0, 0.1) is 0 Å². The number of hydrogen-bond donors (Lipinski definition) is 1. The molecule has 1 aromatic rings. The van der Waals surface area contributed by atoms with Crippen LogP contribution in [0.1, 0.15) is 19.3 Å². The van der Waals surface area contributed by atoms with Gasteiger partial charge < -0.3 is 10.1 Å². The van der Waals surface area contributed by atoms with Crippen molar-refractivity contribution in [2.24, 2.45) is 0 Å². The predicted molar refractivity (Wildman–Crippen MR) is 63.5 cm³/mol. The fourth-order valence-electron chi connectivity index (χ4n) is 1.93. The maximum atomic E-state index is 12.1. The number of halogens is 3. The number of hydrogen-bond acceptors (Lipinski definition) is 2. The molecule has 2 rings (SSSR count). The first-order valence-electron chi connectivity index (χ1n) is 5.82. The molecule has 98 valence electrons. The van der Waals surface area contributed by atoms with Gasteiger partial charge in [0.05, 0.1) is 0 Å². The number of ether oxygens (including phenoxy) is 1. The lowest BCUT2D eigenvalue weighted by molar-refractivity contribution is -0.274. The van der Waals surface area contributed by atoms with Gasteiger partial charge in [-0.05, 0) is 31.4 Å². The molecule has 1 aromatic carbocycles. The Hall–Kier alpha value is -1.65. The fraction of sp³-hybridized carbons (Fsp3) is 0.385. The van der Waals surface area contributed by atoms with Gasteiger partial charge in [-0.15, -0.1) is 13.2 Å². The zero-order chi connectivity index (χ0) is 13.0. The summed E-state index contributed by atoms with van der Waals surface area (Å²) < 4.78 is 40.1. The maximum absolute atomic E-state index is 12.1. The quantitative estimate of drug-likeness (QED) is 0.823. The normalized spacial score (nSPS) is 19.6. The van der Waals surface area contributed by atoms with Gasteiger partial charge in [-0.25, -0.2) is 0 Å². The molecule has 1 aliphatic rings. The molecule has 0 saturated heterocycles. The first-order chi connectivity index (χ1) is 8.53. The molecule has 0 fully saturated rings. The summed E-state index contributed by atoms with van der Waals surface area (Å²) in [5, 5.41) is 3.17. The highest BCUT2D eigenvalue weighted by molar-refractivity contribution is 5.49. The van der Waals surface area contributed by atoms with Crippen LogP contribution in [0.4, 0.5) is 18.9 Å². The SMILES string of the molecule is FC(F)(F)Oc1cccc(NC2C=CCCC2)c1. The molecule has 18 heavy (non-hydrogen) atoms. The van der Waals surface area contributed by atoms with E-state index in [0.717, 1.165) is 19.3 Å². The van der Waals surface area contributed by atoms with E-state index in [1.54, 1.807) is 6.07 Å². The number of rotatable bonds is 3. The fourth-order valence-corrected chi connectivity index (χ4v) is 1.93. The summed E-state index contributed by atoms with van der Waals surface area (Å²) in [6.07, 6.45) is 2.62. The molecule has 0 amide bonds. The van der Waals surface area contributed by atoms with E-state index >= 15 is 0 Å². The molecule has 0 bridgehead atoms. The predicted octanol–water partition coefficient (Wildman–Crippen LogP) is 4.11. The summed E-state index contributed by atoms with van der Waals surface area (Å²) in [5.41, 5.74) is 0.633. The molecule has 0 heterocycles. The Morgan fingerprint density at radius 2 is 2.11 bits per heavy atom. The van der Waals surface area contributed by atoms with Crippen LogP contribution >= 0.6 is 0 Å². The molecule has 1 aliphatic carbocycles. The third-order valence-electron chi connectivity index (χ3n) is 2.67. The molecule has 0 spiro atoms. The molecule has 1 unspecified atom stereocenters. The summed E-state index contributed by atoms with van der Waals surface area (Å²) in [6.45, 7) is 0. The van der Waals surface area contributed by atoms with Crippen LogP contribution in [0.5, 0.6) is 5.75 Å². The Kier molecular flexibility index (Phi) is 3.79. The molecular weight excluding hydrogens is 243 g/mol. The minimum absolute atomic E-state index is 0.180. The van der Waals surface area contributed by atoms with Gasteiger partial charge in [0.1, 0.15) is 5.75 Å². The van der Waals surface area contributed by atoms with E-state index < -0.39 is 6.36 Å². The second-order valence-corrected chi connectivity index (χ2v) is 4.19. The van der Waals surface area contributed by atoms with Gasteiger partial charge in [-0.2, -0.15) is 0 Å². The van der Waals surface area contributed by atoms with Crippen molar-refractivity contribution in [2.75, 3.05) is 5.32 Å². The average Bonchev–Trinajstić information content (AvgIpc) is 2.28. The van der Waals surface area contributed by atoms with Crippen LogP contribution in [0.2, 0.25) is 0 Å². The topological polar surface area (TPSA) is 21.3 Å². The second kappa shape index (κ2) is 5.33. The van der Waals surface area contributed by atoms with Crippen molar-refractivity contribution in [3.63, 3.8) is 0 Å². The molecule has 0 radical (unpaired) electrons. The lowest BCUT2D eigenvalue weighted by atomic mass is 10.0. The van der Waals surface area contributed by atoms with Crippen molar-refractivity contribution in [1.82, 2.24) is 0 Å². The van der Waals surface area contributed by atoms with Gasteiger partial charge in [0, 0.05) is 17.8 Å². The van der Waals surface area contributed by atoms with Gasteiger partial charge in [0.15, 0.2) is 0 Å². The number of allylic oxidation sites excluding steroid dienone is 1. The summed E-state index contributed by atoms with van der Waals surface area (Å²) in [6, 6.07) is 6.09. The summed E-state index contributed by atoms with van der Waals surface area (Å²) in [7, 11) is 0. The molecule has 1 N–H and O–H groups in total. The van der Waals surface area contributed by atoms with Crippen LogP contribution in [0.15, 0.2) is 36.4 Å². The van der Waals surface area contributed by atoms with Crippen molar-refractivity contribution in [1.29, 1.82) is 0 Å². The van der Waals surface area contributed by atoms with E-state index in [1.165, 1.54) is 18.2 Å². The van der Waals surface area contributed by atoms with Gasteiger partial charge in [0.2, 0.25) is 0 Å². The zero-order valence-corrected chi connectivity index (χ0v) is 9.70. The lowest BCUT2D eigenvalue weighted by Gasteiger charge is -2.19. The van der Waals surface area contributed by atoms with E-state index in [4.69, 9.17) is 0 Å². The summed E-state index contributed by atoms with van der Waals surface area (Å²) >= 11 is 0. The van der Waals surface area contributed by atoms with E-state index in [1.807, 2.05) is 6.08 Å². The molecule has 1 atom stereocenters. The third kappa shape index (κ3) is 3.98. The Balaban J connectivity index is 2.02. The zero-order valence-electron chi connectivity index (χ0n) is 9.70. The Bertz CT molecular complexity index is 428. The number of nitrogens with one attached hydrogen (secondary N) is 1. The van der Waals surface area contributed by atoms with Crippen molar-refractivity contribution >= 4 is 5.69 Å². The van der Waals surface area contributed by atoms with Gasteiger partial charge in [-0.3, -0.25) is 0 Å². The highest BCUT2D eigenvalue weighted by Gasteiger charge is 2.31. The Morgan fingerprint density at radius 1 is 1.28 bits per heavy atom. The van der Waals surface area contributed by atoms with Crippen LogP contribution in [0.25, 0.3) is 0 Å². The monoisotopic (exact) mass is 257 g/mol. The maximum Gasteiger partial charge on any atom is 0.573 e. The van der Waals surface area contributed by atoms with Crippen molar-refractivity contribution < 1.29 is 17.9 Å². The standard InChI is InChI=1S/C13H14F3NO/c14-13(15,16)18-12-8-4-7-11(9-12)17-10-5-2-1-3-6-10/h2,4-5,7-10,17H,1,3,6H2. The molecule has 2 nitrogen and oxygen atoms in total. The lowest BCUT2D eigenvalue weighted by Crippen LogP contribution is -2.19. The Morgan fingerprint density at radius 3 is 2.78 bits per heavy atom. The minimum Gasteiger partial charge on any atom is -0.406 e. The summed E-state index contributed by atoms with van der Waals surface area (Å²) in [5.74, 6) is -0.202. The smallest absolute Gasteiger partial charge is 0.406 e. The first-order valence-corrected chi connectivity index (χ1v) is 5.82. The molecular formula is C13H14F3NO. The van der Waals surface area contributed by atoms with E-state index in [0.29, 0.717) is 5.69 Å². The van der Waals surface area contributed by atoms with Gasteiger partial charge >= 0.3 is 6.36 Å². The number of alkyl halides is 3. The average molecular weight is 257 g/mol. The second-order valence-electron chi connectivity index (χ2n) is 4.19. The first kappa shape index (κ1) is 12.8. The van der Waals surface area contributed by atoms with Crippen LogP contribution in [-0.2, 0) is 0 Å². The van der Waals surface area contributed by atoms with Gasteiger partial charge in [-0.1, -0.05) is 18.2 Å². The highest BCUT2D eigenvalue weighted by Crippen LogP contribution is 2.26. The molecule has 0 saturated carbocycles. The van der Waals surface area contributed by atoms with Crippen LogP contribution < -0.4 is 10.1 Å². The van der Waals surface area contributed by atoms with Crippen molar-refractivity contribution in [3.8, 4) is 5.75 Å². The van der Waals surface area contributed by atoms with Crippen molar-refractivity contribution in [2.45, 2.75) is 31.7 Å². The minimum atomic E-state index is -4.65. The number of anilines is 1. The van der Waals surface area contributed by atoms with Gasteiger partial charge in [0.25, 0.3) is 0 Å². The molecule has 0 aliphatic heterocycles. The van der Waals surface area contributed by atoms with Crippen LogP contribution in [0.3, 0.4) is 0 Å². The highest BCUT2D eigenvalue weighted by atomic mass is 19.4. The van der Waals surface area contributed by atoms with Crippen LogP contribution in [-0.4, -0.2) is 12.4 Å². The largest absolute Gasteiger partial charge is 0.573 e. The molecule has 5 heteroatoms. The third-order valence-corrected chi connectivity index (χ3v) is 2.67. The van der Waals surface area contributed by atoms with E-state index in [2.05, 4.69) is 16.1 Å². The Labute approximate surface area is 103 Å². The van der Waals surface area contributed by atoms with E-state index in [9.17, 15) is 13.2 Å². The number of benzene rings is 1.